The normalized spacial score (nSPS) is 14.8. The first-order valence-electron chi connectivity index (χ1n) is 3.68. The Balaban J connectivity index is -0.000000333. The molecule has 0 aromatic heterocycles. The molecule has 73 valence electrons. The quantitative estimate of drug-likeness (QED) is 0.370. The minimum atomic E-state index is 0. The molecule has 4 heteroatoms. The third-order valence-electron chi connectivity index (χ3n) is 1.72. The Morgan fingerprint density at radius 1 is 1.54 bits per heavy atom. The molecule has 1 aliphatic carbocycles. The molecule has 0 heterocycles. The fourth-order valence-electron chi connectivity index (χ4n) is 1.16. The number of rotatable bonds is 3. The van der Waals surface area contributed by atoms with Crippen molar-refractivity contribution in [3.8, 4) is 0 Å². The Hall–Kier alpha value is 0.734. The maximum Gasteiger partial charge on any atom is 3.00 e. The smallest absolute Gasteiger partial charge is 1.00 e. The summed E-state index contributed by atoms with van der Waals surface area (Å²) >= 11 is 0. The topological polar surface area (TPSA) is 9.23 Å². The number of methoxy groups -OCH3 is 1. The van der Waals surface area contributed by atoms with E-state index in [0.29, 0.717) is 0 Å². The average molecular weight is 256 g/mol. The summed E-state index contributed by atoms with van der Waals surface area (Å²) in [7, 11) is 1.75. The first-order valence-corrected chi connectivity index (χ1v) is 3.68. The van der Waals surface area contributed by atoms with Crippen molar-refractivity contribution in [2.24, 2.45) is 0 Å². The van der Waals surface area contributed by atoms with Crippen LogP contribution in [0.2, 0.25) is 0 Å². The molecule has 1 rings (SSSR count). The summed E-state index contributed by atoms with van der Waals surface area (Å²) in [5, 5.41) is 0. The molecule has 1 unspecified atom stereocenters. The molecule has 1 nitrogen and oxygen atoms in total. The van der Waals surface area contributed by atoms with Crippen LogP contribution < -0.4 is 24.8 Å². The van der Waals surface area contributed by atoms with Crippen LogP contribution in [-0.4, -0.2) is 13.2 Å². The number of hydrogen-bond acceptors (Lipinski definition) is 1. The zero-order valence-electron chi connectivity index (χ0n) is 7.81. The molecule has 1 radical (unpaired) electrons. The molecule has 0 saturated heterocycles. The molecule has 0 aromatic rings. The van der Waals surface area contributed by atoms with E-state index < -0.39 is 0 Å². The van der Waals surface area contributed by atoms with Crippen molar-refractivity contribution in [2.75, 3.05) is 7.11 Å². The fraction of sp³-hybridized carbons (Fsp3) is 0.556. The van der Waals surface area contributed by atoms with Crippen LogP contribution in [0.25, 0.3) is 0 Å². The first-order chi connectivity index (χ1) is 4.88. The molecule has 0 aromatic carbocycles. The SMILES string of the molecule is CCC(OC)C1=[C-]CC=C1.[Cl-].[Cl-].[Ti+3]. The zero-order chi connectivity index (χ0) is 7.40. The van der Waals surface area contributed by atoms with Crippen molar-refractivity contribution in [1.82, 2.24) is 0 Å². The fourth-order valence-corrected chi connectivity index (χ4v) is 1.16. The summed E-state index contributed by atoms with van der Waals surface area (Å²) < 4.78 is 5.23. The molecule has 0 saturated carbocycles. The van der Waals surface area contributed by atoms with Gasteiger partial charge < -0.3 is 29.6 Å². The van der Waals surface area contributed by atoms with Crippen molar-refractivity contribution >= 4 is 0 Å². The van der Waals surface area contributed by atoms with Crippen molar-refractivity contribution in [3.63, 3.8) is 0 Å². The van der Waals surface area contributed by atoms with Crippen molar-refractivity contribution in [1.29, 1.82) is 0 Å². The van der Waals surface area contributed by atoms with Crippen molar-refractivity contribution in [2.45, 2.75) is 25.9 Å². The van der Waals surface area contributed by atoms with Gasteiger partial charge in [-0.2, -0.15) is 11.6 Å². The summed E-state index contributed by atoms with van der Waals surface area (Å²) in [4.78, 5) is 0. The summed E-state index contributed by atoms with van der Waals surface area (Å²) in [5.41, 5.74) is 1.21. The van der Waals surface area contributed by atoms with E-state index in [-0.39, 0.29) is 52.6 Å². The molecule has 1 atom stereocenters. The van der Waals surface area contributed by atoms with Crippen molar-refractivity contribution < 1.29 is 51.3 Å². The van der Waals surface area contributed by atoms with Crippen molar-refractivity contribution in [3.05, 3.63) is 23.8 Å². The third kappa shape index (κ3) is 5.93. The Morgan fingerprint density at radius 3 is 2.46 bits per heavy atom. The number of halogens is 2. The van der Waals surface area contributed by atoms with E-state index in [9.17, 15) is 0 Å². The summed E-state index contributed by atoms with van der Waals surface area (Å²) in [6.45, 7) is 2.12. The average Bonchev–Trinajstić information content (AvgIpc) is 2.43. The molecule has 0 amide bonds. The Bertz CT molecular complexity index is 165. The zero-order valence-corrected chi connectivity index (χ0v) is 10.9. The molecule has 0 spiro atoms. The summed E-state index contributed by atoms with van der Waals surface area (Å²) in [6, 6.07) is 0. The van der Waals surface area contributed by atoms with Crippen LogP contribution in [0.4, 0.5) is 0 Å². The maximum atomic E-state index is 5.23. The van der Waals surface area contributed by atoms with Crippen LogP contribution in [0, 0.1) is 6.08 Å². The molecule has 0 fully saturated rings. The Morgan fingerprint density at radius 2 is 2.15 bits per heavy atom. The van der Waals surface area contributed by atoms with E-state index in [1.54, 1.807) is 7.11 Å². The molecule has 1 aliphatic rings. The van der Waals surface area contributed by atoms with E-state index in [2.05, 4.69) is 25.2 Å². The van der Waals surface area contributed by atoms with Gasteiger partial charge in [-0.15, -0.1) is 6.42 Å². The molecular formula is C9H13Cl2OTi. The van der Waals surface area contributed by atoms with Crippen LogP contribution in [0.1, 0.15) is 19.8 Å². The molecular weight excluding hydrogens is 243 g/mol. The maximum absolute atomic E-state index is 5.23. The van der Waals surface area contributed by atoms with Crippen LogP contribution in [0.3, 0.4) is 0 Å². The van der Waals surface area contributed by atoms with E-state index in [1.165, 1.54) is 5.57 Å². The van der Waals surface area contributed by atoms with Crippen LogP contribution >= 0.6 is 0 Å². The number of allylic oxidation sites excluding steroid dienone is 2. The second-order valence-corrected chi connectivity index (χ2v) is 2.37. The second-order valence-electron chi connectivity index (χ2n) is 2.37. The van der Waals surface area contributed by atoms with Gasteiger partial charge in [-0.3, -0.25) is 6.08 Å². The van der Waals surface area contributed by atoms with Gasteiger partial charge in [0.2, 0.25) is 0 Å². The van der Waals surface area contributed by atoms with Gasteiger partial charge in [-0.25, -0.2) is 6.08 Å². The Labute approximate surface area is 108 Å². The minimum Gasteiger partial charge on any atom is -1.00 e. The van der Waals surface area contributed by atoms with Crippen LogP contribution in [0.15, 0.2) is 17.7 Å². The second kappa shape index (κ2) is 10.8. The first kappa shape index (κ1) is 19.3. The Kier molecular flexibility index (Phi) is 16.1. The van der Waals surface area contributed by atoms with Gasteiger partial charge in [-0.1, -0.05) is 6.92 Å². The van der Waals surface area contributed by atoms with Gasteiger partial charge in [0.05, 0.1) is 0 Å². The van der Waals surface area contributed by atoms with Gasteiger partial charge in [0, 0.05) is 13.2 Å². The minimum absolute atomic E-state index is 0. The molecule has 0 bridgehead atoms. The largest absolute Gasteiger partial charge is 3.00 e. The van der Waals surface area contributed by atoms with E-state index >= 15 is 0 Å². The van der Waals surface area contributed by atoms with E-state index in [0.717, 1.165) is 12.8 Å². The van der Waals surface area contributed by atoms with Gasteiger partial charge in [0.25, 0.3) is 0 Å². The predicted octanol–water partition coefficient (Wildman–Crippen LogP) is -3.89. The van der Waals surface area contributed by atoms with Gasteiger partial charge in [0.15, 0.2) is 0 Å². The summed E-state index contributed by atoms with van der Waals surface area (Å²) in [5.74, 6) is 0. The molecule has 0 N–H and O–H groups in total. The van der Waals surface area contributed by atoms with Crippen LogP contribution in [-0.2, 0) is 26.5 Å². The van der Waals surface area contributed by atoms with Gasteiger partial charge in [0.1, 0.15) is 0 Å². The number of ether oxygens (including phenoxy) is 1. The summed E-state index contributed by atoms with van der Waals surface area (Å²) in [6.07, 6.45) is 9.69. The molecule has 0 aliphatic heterocycles. The van der Waals surface area contributed by atoms with Crippen LogP contribution in [0.5, 0.6) is 0 Å². The van der Waals surface area contributed by atoms with E-state index in [1.807, 2.05) is 0 Å². The third-order valence-corrected chi connectivity index (χ3v) is 1.72. The number of hydrogen-bond donors (Lipinski definition) is 0. The molecule has 13 heavy (non-hydrogen) atoms. The van der Waals surface area contributed by atoms with Gasteiger partial charge >= 0.3 is 21.7 Å². The monoisotopic (exact) mass is 255 g/mol. The predicted molar refractivity (Wildman–Crippen MR) is 41.6 cm³/mol. The van der Waals surface area contributed by atoms with E-state index in [4.69, 9.17) is 4.74 Å². The standard InChI is InChI=1S/C9H13O.2ClH.Ti/c1-3-9(10-2)8-6-4-5-7-8;;;/h4,6,9H,3,5H2,1-2H3;2*1H;/q-1;;;+3/p-2. The van der Waals surface area contributed by atoms with Gasteiger partial charge in [-0.05, 0) is 6.42 Å².